The number of hydrogen-bond donors (Lipinski definition) is 0. The van der Waals surface area contributed by atoms with E-state index in [9.17, 15) is 0 Å². The van der Waals surface area contributed by atoms with E-state index in [-0.39, 0.29) is 12.2 Å². The van der Waals surface area contributed by atoms with Crippen molar-refractivity contribution in [3.8, 4) is 5.75 Å². The first-order valence-electron chi connectivity index (χ1n) is 8.27. The first-order chi connectivity index (χ1) is 11.3. The van der Waals surface area contributed by atoms with Crippen LogP contribution in [0.1, 0.15) is 22.6 Å². The van der Waals surface area contributed by atoms with Gasteiger partial charge in [-0.25, -0.2) is 0 Å². The van der Waals surface area contributed by atoms with E-state index < -0.39 is 0 Å². The van der Waals surface area contributed by atoms with Crippen LogP contribution in [0.4, 0.5) is 0 Å². The first kappa shape index (κ1) is 15.1. The van der Waals surface area contributed by atoms with Gasteiger partial charge in [0.05, 0.1) is 6.20 Å². The standard InChI is InChI=1S/C18H22N2O2S/c1-13-6-7-15(23-13)11-20-12-17(18-16(20)5-3-9-21-18)22-14-4-2-8-19-10-14/h2,4,6-8,10,16-18H,3,5,9,11-12H2,1H3/t16-,17-,18-/m0/s1. The third-order valence-corrected chi connectivity index (χ3v) is 5.65. The summed E-state index contributed by atoms with van der Waals surface area (Å²) in [6, 6.07) is 8.79. The Hall–Kier alpha value is -1.43. The Balaban J connectivity index is 1.49. The summed E-state index contributed by atoms with van der Waals surface area (Å²) in [6.45, 7) is 4.93. The SMILES string of the molecule is Cc1ccc(CN2C[C@H](Oc3cccnc3)[C@H]3OCCC[C@@H]32)s1. The van der Waals surface area contributed by atoms with Gasteiger partial charge in [0.1, 0.15) is 18.0 Å². The quantitative estimate of drug-likeness (QED) is 0.862. The fraction of sp³-hybridized carbons (Fsp3) is 0.500. The molecule has 0 unspecified atom stereocenters. The summed E-state index contributed by atoms with van der Waals surface area (Å²) in [6.07, 6.45) is 6.15. The molecule has 2 aliphatic rings. The predicted molar refractivity (Wildman–Crippen MR) is 90.9 cm³/mol. The van der Waals surface area contributed by atoms with Gasteiger partial charge in [-0.05, 0) is 44.0 Å². The van der Waals surface area contributed by atoms with Crippen molar-refractivity contribution < 1.29 is 9.47 Å². The molecule has 23 heavy (non-hydrogen) atoms. The minimum Gasteiger partial charge on any atom is -0.485 e. The Morgan fingerprint density at radius 2 is 2.35 bits per heavy atom. The lowest BCUT2D eigenvalue weighted by Gasteiger charge is -2.32. The summed E-state index contributed by atoms with van der Waals surface area (Å²) in [4.78, 5) is 9.48. The minimum atomic E-state index is 0.0885. The zero-order valence-electron chi connectivity index (χ0n) is 13.4. The molecule has 0 N–H and O–H groups in total. The van der Waals surface area contributed by atoms with Crippen molar-refractivity contribution in [2.45, 2.75) is 44.6 Å². The zero-order valence-corrected chi connectivity index (χ0v) is 14.2. The highest BCUT2D eigenvalue weighted by atomic mass is 32.1. The molecule has 2 aliphatic heterocycles. The van der Waals surface area contributed by atoms with Gasteiger partial charge in [-0.1, -0.05) is 0 Å². The highest BCUT2D eigenvalue weighted by Gasteiger charge is 2.45. The average Bonchev–Trinajstić information content (AvgIpc) is 3.14. The minimum absolute atomic E-state index is 0.0885. The Morgan fingerprint density at radius 3 is 3.13 bits per heavy atom. The predicted octanol–water partition coefficient (Wildman–Crippen LogP) is 3.26. The average molecular weight is 330 g/mol. The second kappa shape index (κ2) is 6.59. The number of thiophene rings is 1. The van der Waals surface area contributed by atoms with Crippen LogP contribution in [-0.2, 0) is 11.3 Å². The number of pyridine rings is 1. The summed E-state index contributed by atoms with van der Waals surface area (Å²) in [5.41, 5.74) is 0. The number of fused-ring (bicyclic) bond motifs is 1. The Morgan fingerprint density at radius 1 is 1.39 bits per heavy atom. The van der Waals surface area contributed by atoms with E-state index in [4.69, 9.17) is 9.47 Å². The molecule has 122 valence electrons. The largest absolute Gasteiger partial charge is 0.485 e. The van der Waals surface area contributed by atoms with Gasteiger partial charge in [0.2, 0.25) is 0 Å². The molecule has 0 radical (unpaired) electrons. The summed E-state index contributed by atoms with van der Waals surface area (Å²) in [5.74, 6) is 0.833. The van der Waals surface area contributed by atoms with Crippen molar-refractivity contribution in [1.82, 2.24) is 9.88 Å². The number of rotatable bonds is 4. The van der Waals surface area contributed by atoms with Gasteiger partial charge < -0.3 is 9.47 Å². The van der Waals surface area contributed by atoms with E-state index in [0.717, 1.165) is 31.9 Å². The van der Waals surface area contributed by atoms with Gasteiger partial charge in [0, 0.05) is 41.7 Å². The van der Waals surface area contributed by atoms with E-state index in [1.807, 2.05) is 23.5 Å². The van der Waals surface area contributed by atoms with E-state index in [2.05, 4.69) is 28.9 Å². The normalized spacial score (nSPS) is 27.8. The third-order valence-electron chi connectivity index (χ3n) is 4.66. The van der Waals surface area contributed by atoms with Crippen molar-refractivity contribution in [1.29, 1.82) is 0 Å². The molecule has 4 rings (SSSR count). The van der Waals surface area contributed by atoms with Crippen LogP contribution in [0.5, 0.6) is 5.75 Å². The van der Waals surface area contributed by atoms with Gasteiger partial charge >= 0.3 is 0 Å². The van der Waals surface area contributed by atoms with E-state index in [1.165, 1.54) is 16.2 Å². The molecule has 0 aliphatic carbocycles. The van der Waals surface area contributed by atoms with E-state index in [1.54, 1.807) is 12.4 Å². The van der Waals surface area contributed by atoms with Crippen molar-refractivity contribution in [3.63, 3.8) is 0 Å². The number of ether oxygens (including phenoxy) is 2. The van der Waals surface area contributed by atoms with Crippen LogP contribution >= 0.6 is 11.3 Å². The molecule has 2 aromatic heterocycles. The maximum absolute atomic E-state index is 6.19. The Kier molecular flexibility index (Phi) is 4.33. The van der Waals surface area contributed by atoms with Crippen LogP contribution < -0.4 is 4.74 Å². The molecule has 0 aromatic carbocycles. The number of likely N-dealkylation sites (tertiary alicyclic amines) is 1. The molecule has 0 saturated carbocycles. The van der Waals surface area contributed by atoms with Crippen LogP contribution in [0.2, 0.25) is 0 Å². The topological polar surface area (TPSA) is 34.6 Å². The van der Waals surface area contributed by atoms with Gasteiger partial charge in [0.15, 0.2) is 0 Å². The number of hydrogen-bond acceptors (Lipinski definition) is 5. The van der Waals surface area contributed by atoms with E-state index >= 15 is 0 Å². The maximum Gasteiger partial charge on any atom is 0.139 e. The summed E-state index contributed by atoms with van der Waals surface area (Å²) >= 11 is 1.89. The van der Waals surface area contributed by atoms with Crippen LogP contribution in [0.3, 0.4) is 0 Å². The van der Waals surface area contributed by atoms with Gasteiger partial charge in [-0.15, -0.1) is 11.3 Å². The maximum atomic E-state index is 6.19. The Labute approximate surface area is 141 Å². The summed E-state index contributed by atoms with van der Waals surface area (Å²) in [7, 11) is 0. The summed E-state index contributed by atoms with van der Waals surface area (Å²) in [5, 5.41) is 0. The lowest BCUT2D eigenvalue weighted by atomic mass is 10.0. The first-order valence-corrected chi connectivity index (χ1v) is 9.09. The number of aromatic nitrogens is 1. The van der Waals surface area contributed by atoms with Crippen molar-refractivity contribution in [2.75, 3.05) is 13.2 Å². The van der Waals surface area contributed by atoms with Crippen LogP contribution in [0.15, 0.2) is 36.7 Å². The van der Waals surface area contributed by atoms with Gasteiger partial charge in [0.25, 0.3) is 0 Å². The molecule has 4 nitrogen and oxygen atoms in total. The van der Waals surface area contributed by atoms with Crippen LogP contribution in [0.25, 0.3) is 0 Å². The monoisotopic (exact) mass is 330 g/mol. The Bertz CT molecular complexity index is 645. The fourth-order valence-electron chi connectivity index (χ4n) is 3.65. The number of nitrogens with zero attached hydrogens (tertiary/aromatic N) is 2. The molecular weight excluding hydrogens is 308 g/mol. The van der Waals surface area contributed by atoms with Crippen molar-refractivity contribution in [3.05, 3.63) is 46.4 Å². The summed E-state index contributed by atoms with van der Waals surface area (Å²) < 4.78 is 12.3. The lowest BCUT2D eigenvalue weighted by Crippen LogP contribution is -2.42. The smallest absolute Gasteiger partial charge is 0.139 e. The fourth-order valence-corrected chi connectivity index (χ4v) is 4.57. The lowest BCUT2D eigenvalue weighted by molar-refractivity contribution is -0.0471. The number of aryl methyl sites for hydroxylation is 1. The molecule has 3 atom stereocenters. The van der Waals surface area contributed by atoms with Crippen molar-refractivity contribution >= 4 is 11.3 Å². The molecule has 2 saturated heterocycles. The van der Waals surface area contributed by atoms with Crippen LogP contribution in [-0.4, -0.2) is 41.3 Å². The van der Waals surface area contributed by atoms with Crippen LogP contribution in [0, 0.1) is 6.92 Å². The molecule has 5 heteroatoms. The molecule has 0 bridgehead atoms. The van der Waals surface area contributed by atoms with Gasteiger partial charge in [-0.3, -0.25) is 9.88 Å². The molecule has 2 aromatic rings. The van der Waals surface area contributed by atoms with Crippen molar-refractivity contribution in [2.24, 2.45) is 0 Å². The van der Waals surface area contributed by atoms with E-state index in [0.29, 0.717) is 6.04 Å². The molecule has 0 amide bonds. The highest BCUT2D eigenvalue weighted by molar-refractivity contribution is 7.11. The zero-order chi connectivity index (χ0) is 15.6. The second-order valence-electron chi connectivity index (χ2n) is 6.33. The molecular formula is C18H22N2O2S. The second-order valence-corrected chi connectivity index (χ2v) is 7.70. The molecule has 2 fully saturated rings. The molecule has 4 heterocycles. The van der Waals surface area contributed by atoms with Gasteiger partial charge in [-0.2, -0.15) is 0 Å². The molecule has 0 spiro atoms. The highest BCUT2D eigenvalue weighted by Crippen LogP contribution is 2.33. The third kappa shape index (κ3) is 3.27.